The van der Waals surface area contributed by atoms with E-state index in [-0.39, 0.29) is 5.56 Å². The molecular formula is C23H17NO4. The van der Waals surface area contributed by atoms with Crippen LogP contribution in [0.15, 0.2) is 88.1 Å². The molecule has 28 heavy (non-hydrogen) atoms. The van der Waals surface area contributed by atoms with E-state index in [4.69, 9.17) is 9.15 Å². The van der Waals surface area contributed by atoms with Crippen LogP contribution in [-0.2, 0) is 0 Å². The van der Waals surface area contributed by atoms with E-state index in [1.165, 1.54) is 6.07 Å². The molecule has 4 rings (SSSR count). The third kappa shape index (κ3) is 3.64. The Morgan fingerprint density at radius 1 is 0.929 bits per heavy atom. The summed E-state index contributed by atoms with van der Waals surface area (Å²) in [5.74, 6) is 0.582. The number of hydrogen-bond donors (Lipinski definition) is 1. The standard InChI is InChI=1S/C23H17NO4/c1-15-7-6-9-17(13-15)27-21-12-5-3-10-19(21)24-22(25)18-14-16-8-2-4-11-20(16)28-23(18)26/h2-14H,1H3,(H,24,25). The fourth-order valence-corrected chi connectivity index (χ4v) is 2.87. The summed E-state index contributed by atoms with van der Waals surface area (Å²) in [6.07, 6.45) is 0. The third-order valence-corrected chi connectivity index (χ3v) is 4.24. The number of carbonyl (C=O) groups excluding carboxylic acids is 1. The summed E-state index contributed by atoms with van der Waals surface area (Å²) in [6.45, 7) is 1.97. The molecule has 5 nitrogen and oxygen atoms in total. The summed E-state index contributed by atoms with van der Waals surface area (Å²) in [6, 6.07) is 23.2. The van der Waals surface area contributed by atoms with Crippen LogP contribution in [0.25, 0.3) is 11.0 Å². The molecule has 0 aliphatic carbocycles. The number of aryl methyl sites for hydroxylation is 1. The van der Waals surface area contributed by atoms with Gasteiger partial charge in [-0.05, 0) is 48.9 Å². The first-order valence-electron chi connectivity index (χ1n) is 8.78. The molecule has 0 unspecified atom stereocenters. The summed E-state index contributed by atoms with van der Waals surface area (Å²) in [5.41, 5.74) is 1.21. The zero-order valence-corrected chi connectivity index (χ0v) is 15.1. The lowest BCUT2D eigenvalue weighted by Crippen LogP contribution is -2.20. The minimum Gasteiger partial charge on any atom is -0.455 e. The van der Waals surface area contributed by atoms with E-state index in [1.54, 1.807) is 36.4 Å². The van der Waals surface area contributed by atoms with E-state index < -0.39 is 11.5 Å². The number of carbonyl (C=O) groups is 1. The zero-order chi connectivity index (χ0) is 19.5. The van der Waals surface area contributed by atoms with Crippen LogP contribution in [-0.4, -0.2) is 5.91 Å². The fraction of sp³-hybridized carbons (Fsp3) is 0.0435. The summed E-state index contributed by atoms with van der Waals surface area (Å²) >= 11 is 0. The van der Waals surface area contributed by atoms with Crippen molar-refractivity contribution in [1.82, 2.24) is 0 Å². The molecule has 1 amide bonds. The molecule has 1 heterocycles. The van der Waals surface area contributed by atoms with Gasteiger partial charge < -0.3 is 14.5 Å². The highest BCUT2D eigenvalue weighted by molar-refractivity contribution is 6.06. The van der Waals surface area contributed by atoms with Gasteiger partial charge in [-0.15, -0.1) is 0 Å². The average molecular weight is 371 g/mol. The van der Waals surface area contributed by atoms with Crippen molar-refractivity contribution >= 4 is 22.6 Å². The van der Waals surface area contributed by atoms with E-state index >= 15 is 0 Å². The normalized spacial score (nSPS) is 10.6. The molecule has 0 fully saturated rings. The Kier molecular flexibility index (Phi) is 4.64. The highest BCUT2D eigenvalue weighted by Gasteiger charge is 2.16. The molecule has 0 spiro atoms. The molecule has 0 saturated carbocycles. The molecular weight excluding hydrogens is 354 g/mol. The number of nitrogens with one attached hydrogen (secondary N) is 1. The number of amides is 1. The highest BCUT2D eigenvalue weighted by Crippen LogP contribution is 2.30. The van der Waals surface area contributed by atoms with Crippen molar-refractivity contribution < 1.29 is 13.9 Å². The van der Waals surface area contributed by atoms with Crippen LogP contribution in [0, 0.1) is 6.92 Å². The molecule has 0 bridgehead atoms. The highest BCUT2D eigenvalue weighted by atomic mass is 16.5. The van der Waals surface area contributed by atoms with Gasteiger partial charge in [-0.25, -0.2) is 4.79 Å². The molecule has 0 saturated heterocycles. The zero-order valence-electron chi connectivity index (χ0n) is 15.1. The molecule has 138 valence electrons. The topological polar surface area (TPSA) is 68.5 Å². The van der Waals surface area contributed by atoms with Crippen molar-refractivity contribution in [3.05, 3.63) is 100 Å². The monoisotopic (exact) mass is 371 g/mol. The molecule has 3 aromatic carbocycles. The SMILES string of the molecule is Cc1cccc(Oc2ccccc2NC(=O)c2cc3ccccc3oc2=O)c1. The van der Waals surface area contributed by atoms with E-state index in [0.29, 0.717) is 28.2 Å². The Balaban J connectivity index is 1.64. The lowest BCUT2D eigenvalue weighted by molar-refractivity contribution is 0.102. The van der Waals surface area contributed by atoms with Crippen LogP contribution in [0.5, 0.6) is 11.5 Å². The first-order chi connectivity index (χ1) is 13.6. The Hall–Kier alpha value is -3.86. The molecule has 0 radical (unpaired) electrons. The molecule has 0 aliphatic rings. The Morgan fingerprint density at radius 3 is 2.57 bits per heavy atom. The number of fused-ring (bicyclic) bond motifs is 1. The Bertz CT molecular complexity index is 1230. The van der Waals surface area contributed by atoms with Crippen molar-refractivity contribution in [2.45, 2.75) is 6.92 Å². The average Bonchev–Trinajstić information content (AvgIpc) is 2.69. The first-order valence-corrected chi connectivity index (χ1v) is 8.78. The number of para-hydroxylation sites is 3. The van der Waals surface area contributed by atoms with Crippen LogP contribution in [0.2, 0.25) is 0 Å². The Labute approximate surface area is 161 Å². The van der Waals surface area contributed by atoms with E-state index in [1.807, 2.05) is 43.3 Å². The van der Waals surface area contributed by atoms with Gasteiger partial charge in [0.2, 0.25) is 0 Å². The quantitative estimate of drug-likeness (QED) is 0.504. The Morgan fingerprint density at radius 2 is 1.71 bits per heavy atom. The van der Waals surface area contributed by atoms with Gasteiger partial charge in [-0.2, -0.15) is 0 Å². The summed E-state index contributed by atoms with van der Waals surface area (Å²) < 4.78 is 11.2. The molecule has 1 N–H and O–H groups in total. The van der Waals surface area contributed by atoms with Gasteiger partial charge in [0.1, 0.15) is 16.9 Å². The fourth-order valence-electron chi connectivity index (χ4n) is 2.87. The number of hydrogen-bond acceptors (Lipinski definition) is 4. The van der Waals surface area contributed by atoms with Gasteiger partial charge in [-0.3, -0.25) is 4.79 Å². The van der Waals surface area contributed by atoms with Gasteiger partial charge in [0.25, 0.3) is 5.91 Å². The molecule has 0 atom stereocenters. The summed E-state index contributed by atoms with van der Waals surface area (Å²) in [7, 11) is 0. The predicted molar refractivity (Wildman–Crippen MR) is 108 cm³/mol. The molecule has 1 aromatic heterocycles. The number of ether oxygens (including phenoxy) is 1. The number of anilines is 1. The summed E-state index contributed by atoms with van der Waals surface area (Å²) in [5, 5.41) is 3.42. The lowest BCUT2D eigenvalue weighted by Gasteiger charge is -2.12. The van der Waals surface area contributed by atoms with Crippen LogP contribution in [0.4, 0.5) is 5.69 Å². The third-order valence-electron chi connectivity index (χ3n) is 4.24. The lowest BCUT2D eigenvalue weighted by atomic mass is 10.1. The van der Waals surface area contributed by atoms with Gasteiger partial charge in [0.15, 0.2) is 5.75 Å². The molecule has 5 heteroatoms. The van der Waals surface area contributed by atoms with Gasteiger partial charge in [0, 0.05) is 5.39 Å². The van der Waals surface area contributed by atoms with Crippen molar-refractivity contribution in [2.75, 3.05) is 5.32 Å². The van der Waals surface area contributed by atoms with Crippen LogP contribution in [0.3, 0.4) is 0 Å². The second kappa shape index (κ2) is 7.40. The summed E-state index contributed by atoms with van der Waals surface area (Å²) in [4.78, 5) is 24.9. The van der Waals surface area contributed by atoms with Crippen LogP contribution < -0.4 is 15.7 Å². The predicted octanol–water partition coefficient (Wildman–Crippen LogP) is 5.15. The van der Waals surface area contributed by atoms with E-state index in [0.717, 1.165) is 5.56 Å². The van der Waals surface area contributed by atoms with Crippen molar-refractivity contribution in [3.8, 4) is 11.5 Å². The minimum absolute atomic E-state index is 0.0657. The molecule has 0 aliphatic heterocycles. The van der Waals surface area contributed by atoms with Crippen LogP contribution in [0.1, 0.15) is 15.9 Å². The maximum atomic E-state index is 12.7. The van der Waals surface area contributed by atoms with Gasteiger partial charge in [-0.1, -0.05) is 42.5 Å². The van der Waals surface area contributed by atoms with Crippen LogP contribution >= 0.6 is 0 Å². The van der Waals surface area contributed by atoms with Gasteiger partial charge in [0.05, 0.1) is 5.69 Å². The maximum absolute atomic E-state index is 12.7. The largest absolute Gasteiger partial charge is 0.455 e. The number of rotatable bonds is 4. The molecule has 4 aromatic rings. The van der Waals surface area contributed by atoms with Crippen molar-refractivity contribution in [3.63, 3.8) is 0 Å². The smallest absolute Gasteiger partial charge is 0.349 e. The maximum Gasteiger partial charge on any atom is 0.349 e. The first kappa shape index (κ1) is 17.5. The van der Waals surface area contributed by atoms with Crippen molar-refractivity contribution in [1.29, 1.82) is 0 Å². The van der Waals surface area contributed by atoms with E-state index in [9.17, 15) is 9.59 Å². The number of benzene rings is 3. The second-order valence-electron chi connectivity index (χ2n) is 6.35. The second-order valence-corrected chi connectivity index (χ2v) is 6.35. The minimum atomic E-state index is -0.687. The van der Waals surface area contributed by atoms with Gasteiger partial charge >= 0.3 is 5.63 Å². The van der Waals surface area contributed by atoms with E-state index in [2.05, 4.69) is 5.32 Å². The van der Waals surface area contributed by atoms with Crippen molar-refractivity contribution in [2.24, 2.45) is 0 Å².